The maximum Gasteiger partial charge on any atom is 0.234 e. The minimum atomic E-state index is -0.583. The van der Waals surface area contributed by atoms with Gasteiger partial charge in [-0.25, -0.2) is 0 Å². The van der Waals surface area contributed by atoms with Crippen molar-refractivity contribution in [2.75, 3.05) is 6.54 Å². The Balaban J connectivity index is 3.98. The number of primary amides is 1. The first-order valence-electron chi connectivity index (χ1n) is 5.59. The van der Waals surface area contributed by atoms with Crippen molar-refractivity contribution >= 4 is 11.8 Å². The molecular weight excluding hydrogens is 206 g/mol. The van der Waals surface area contributed by atoms with Crippen LogP contribution >= 0.6 is 0 Å². The largest absolute Gasteiger partial charge is 0.370 e. The van der Waals surface area contributed by atoms with E-state index in [4.69, 9.17) is 5.73 Å². The zero-order chi connectivity index (χ0) is 12.8. The molecule has 0 aliphatic heterocycles. The summed E-state index contributed by atoms with van der Waals surface area (Å²) in [6, 6.07) is 0.310. The zero-order valence-electron chi connectivity index (χ0n) is 10.6. The van der Waals surface area contributed by atoms with Gasteiger partial charge in [0.25, 0.3) is 0 Å². The van der Waals surface area contributed by atoms with E-state index >= 15 is 0 Å². The summed E-state index contributed by atoms with van der Waals surface area (Å²) in [7, 11) is 0. The number of nitrogens with two attached hydrogens (primary N) is 1. The SMILES string of the molecule is CCC(C)NCC(=O)NC(C)(C)CC(N)=O. The van der Waals surface area contributed by atoms with Crippen LogP contribution in [-0.2, 0) is 9.59 Å². The topological polar surface area (TPSA) is 84.2 Å². The highest BCUT2D eigenvalue weighted by Gasteiger charge is 2.22. The number of carbonyl (C=O) groups is 2. The van der Waals surface area contributed by atoms with E-state index in [9.17, 15) is 9.59 Å². The van der Waals surface area contributed by atoms with E-state index < -0.39 is 11.4 Å². The second-order valence-corrected chi connectivity index (χ2v) is 4.77. The van der Waals surface area contributed by atoms with E-state index in [0.29, 0.717) is 6.04 Å². The van der Waals surface area contributed by atoms with Gasteiger partial charge in [-0.05, 0) is 27.2 Å². The molecule has 0 radical (unpaired) electrons. The molecule has 0 rings (SSSR count). The van der Waals surface area contributed by atoms with Crippen molar-refractivity contribution in [1.29, 1.82) is 0 Å². The molecule has 0 aliphatic rings. The summed E-state index contributed by atoms with van der Waals surface area (Å²) in [4.78, 5) is 22.3. The Kier molecular flexibility index (Phi) is 6.03. The van der Waals surface area contributed by atoms with Crippen LogP contribution in [0.5, 0.6) is 0 Å². The molecule has 0 saturated heterocycles. The van der Waals surface area contributed by atoms with E-state index in [2.05, 4.69) is 10.6 Å². The van der Waals surface area contributed by atoms with Crippen molar-refractivity contribution in [3.8, 4) is 0 Å². The number of amides is 2. The van der Waals surface area contributed by atoms with Gasteiger partial charge in [-0.1, -0.05) is 6.92 Å². The molecule has 94 valence electrons. The van der Waals surface area contributed by atoms with Gasteiger partial charge in [0.1, 0.15) is 0 Å². The van der Waals surface area contributed by atoms with Crippen LogP contribution in [0.25, 0.3) is 0 Å². The van der Waals surface area contributed by atoms with Crippen molar-refractivity contribution in [2.24, 2.45) is 5.73 Å². The third kappa shape index (κ3) is 7.23. The van der Waals surface area contributed by atoms with Crippen LogP contribution in [0.4, 0.5) is 0 Å². The highest BCUT2D eigenvalue weighted by molar-refractivity contribution is 5.81. The lowest BCUT2D eigenvalue weighted by Gasteiger charge is -2.25. The number of nitrogens with one attached hydrogen (secondary N) is 2. The molecule has 5 heteroatoms. The summed E-state index contributed by atoms with van der Waals surface area (Å²) >= 11 is 0. The Labute approximate surface area is 97.2 Å². The van der Waals surface area contributed by atoms with E-state index in [0.717, 1.165) is 6.42 Å². The monoisotopic (exact) mass is 229 g/mol. The fourth-order valence-corrected chi connectivity index (χ4v) is 1.31. The summed E-state index contributed by atoms with van der Waals surface area (Å²) < 4.78 is 0. The van der Waals surface area contributed by atoms with Gasteiger partial charge in [-0.3, -0.25) is 9.59 Å². The molecule has 0 aromatic heterocycles. The molecule has 1 unspecified atom stereocenters. The molecule has 0 fully saturated rings. The molecule has 1 atom stereocenters. The van der Waals surface area contributed by atoms with E-state index in [1.165, 1.54) is 0 Å². The van der Waals surface area contributed by atoms with Gasteiger partial charge < -0.3 is 16.4 Å². The third-order valence-electron chi connectivity index (χ3n) is 2.32. The van der Waals surface area contributed by atoms with Crippen LogP contribution in [-0.4, -0.2) is 29.9 Å². The number of carbonyl (C=O) groups excluding carboxylic acids is 2. The minimum absolute atomic E-state index is 0.119. The van der Waals surface area contributed by atoms with Crippen LogP contribution in [0.3, 0.4) is 0 Å². The van der Waals surface area contributed by atoms with E-state index in [1.54, 1.807) is 13.8 Å². The van der Waals surface area contributed by atoms with E-state index in [-0.39, 0.29) is 18.9 Å². The average molecular weight is 229 g/mol. The van der Waals surface area contributed by atoms with Crippen LogP contribution < -0.4 is 16.4 Å². The molecule has 0 heterocycles. The molecule has 0 spiro atoms. The van der Waals surface area contributed by atoms with Crippen LogP contribution in [0, 0.1) is 0 Å². The van der Waals surface area contributed by atoms with Gasteiger partial charge in [0.15, 0.2) is 0 Å². The molecule has 0 aromatic rings. The fraction of sp³-hybridized carbons (Fsp3) is 0.818. The standard InChI is InChI=1S/C11H23N3O2/c1-5-8(2)13-7-10(16)14-11(3,4)6-9(12)15/h8,13H,5-7H2,1-4H3,(H2,12,15)(H,14,16). The van der Waals surface area contributed by atoms with Gasteiger partial charge >= 0.3 is 0 Å². The van der Waals surface area contributed by atoms with Gasteiger partial charge in [0.2, 0.25) is 11.8 Å². The first-order chi connectivity index (χ1) is 7.26. The van der Waals surface area contributed by atoms with Crippen molar-refractivity contribution in [1.82, 2.24) is 10.6 Å². The zero-order valence-corrected chi connectivity index (χ0v) is 10.6. The highest BCUT2D eigenvalue weighted by atomic mass is 16.2. The molecule has 16 heavy (non-hydrogen) atoms. The van der Waals surface area contributed by atoms with Crippen molar-refractivity contribution in [3.05, 3.63) is 0 Å². The smallest absolute Gasteiger partial charge is 0.234 e. The maximum absolute atomic E-state index is 11.5. The Bertz CT molecular complexity index is 252. The first kappa shape index (κ1) is 14.9. The molecule has 0 aromatic carbocycles. The molecule has 2 amide bonds. The lowest BCUT2D eigenvalue weighted by molar-refractivity contribution is -0.123. The summed E-state index contributed by atoms with van der Waals surface area (Å²) in [5.41, 5.74) is 4.51. The van der Waals surface area contributed by atoms with E-state index in [1.807, 2.05) is 13.8 Å². The lowest BCUT2D eigenvalue weighted by Crippen LogP contribution is -2.49. The number of hydrogen-bond donors (Lipinski definition) is 3. The Morgan fingerprint density at radius 2 is 1.94 bits per heavy atom. The number of hydrogen-bond acceptors (Lipinski definition) is 3. The predicted molar refractivity (Wildman–Crippen MR) is 63.8 cm³/mol. The molecular formula is C11H23N3O2. The Hall–Kier alpha value is -1.10. The Morgan fingerprint density at radius 1 is 1.38 bits per heavy atom. The van der Waals surface area contributed by atoms with Crippen molar-refractivity contribution < 1.29 is 9.59 Å². The molecule has 5 nitrogen and oxygen atoms in total. The van der Waals surface area contributed by atoms with Crippen molar-refractivity contribution in [3.63, 3.8) is 0 Å². The van der Waals surface area contributed by atoms with Gasteiger partial charge in [0.05, 0.1) is 6.54 Å². The second kappa shape index (κ2) is 6.48. The maximum atomic E-state index is 11.5. The summed E-state index contributed by atoms with van der Waals surface area (Å²) in [5.74, 6) is -0.535. The summed E-state index contributed by atoms with van der Waals surface area (Å²) in [6.45, 7) is 7.88. The normalized spacial score (nSPS) is 13.2. The van der Waals surface area contributed by atoms with Crippen LogP contribution in [0.15, 0.2) is 0 Å². The fourth-order valence-electron chi connectivity index (χ4n) is 1.31. The van der Waals surface area contributed by atoms with Crippen LogP contribution in [0.1, 0.15) is 40.5 Å². The van der Waals surface area contributed by atoms with Gasteiger partial charge in [-0.15, -0.1) is 0 Å². The Morgan fingerprint density at radius 3 is 2.38 bits per heavy atom. The summed E-state index contributed by atoms with van der Waals surface area (Å²) in [6.07, 6.45) is 1.11. The first-order valence-corrected chi connectivity index (χ1v) is 5.59. The lowest BCUT2D eigenvalue weighted by atomic mass is 10.0. The molecule has 0 aliphatic carbocycles. The third-order valence-corrected chi connectivity index (χ3v) is 2.32. The number of rotatable bonds is 7. The second-order valence-electron chi connectivity index (χ2n) is 4.77. The van der Waals surface area contributed by atoms with Crippen LogP contribution in [0.2, 0.25) is 0 Å². The van der Waals surface area contributed by atoms with Gasteiger partial charge in [0, 0.05) is 18.0 Å². The van der Waals surface area contributed by atoms with Crippen molar-refractivity contribution in [2.45, 2.75) is 52.1 Å². The van der Waals surface area contributed by atoms with Gasteiger partial charge in [-0.2, -0.15) is 0 Å². The minimum Gasteiger partial charge on any atom is -0.370 e. The molecule has 0 saturated carbocycles. The predicted octanol–water partition coefficient (Wildman–Crippen LogP) is 0.145. The molecule has 4 N–H and O–H groups in total. The highest BCUT2D eigenvalue weighted by Crippen LogP contribution is 2.06. The molecule has 0 bridgehead atoms. The summed E-state index contributed by atoms with van der Waals surface area (Å²) in [5, 5.41) is 5.84. The quantitative estimate of drug-likeness (QED) is 0.581. The average Bonchev–Trinajstić information content (AvgIpc) is 2.11.